The van der Waals surface area contributed by atoms with Crippen molar-refractivity contribution in [3.63, 3.8) is 0 Å². The topological polar surface area (TPSA) is 60.1 Å². The zero-order chi connectivity index (χ0) is 11.5. The molecule has 0 aliphatic rings. The maximum atomic E-state index is 11.6. The van der Waals surface area contributed by atoms with Gasteiger partial charge in [0.15, 0.2) is 5.82 Å². The van der Waals surface area contributed by atoms with E-state index in [1.807, 2.05) is 30.1 Å². The number of hydrogen-bond acceptors (Lipinski definition) is 3. The van der Waals surface area contributed by atoms with Crippen LogP contribution in [0.3, 0.4) is 0 Å². The van der Waals surface area contributed by atoms with Gasteiger partial charge >= 0.3 is 0 Å². The molecule has 0 aliphatic heterocycles. The van der Waals surface area contributed by atoms with Crippen molar-refractivity contribution in [2.75, 3.05) is 5.32 Å². The fourth-order valence-corrected chi connectivity index (χ4v) is 1.46. The highest BCUT2D eigenvalue weighted by atomic mass is 16.5. The Bertz CT molecular complexity index is 455. The summed E-state index contributed by atoms with van der Waals surface area (Å²) in [6.07, 6.45) is 4.16. The second kappa shape index (κ2) is 4.22. The zero-order valence-electron chi connectivity index (χ0n) is 9.23. The summed E-state index contributed by atoms with van der Waals surface area (Å²) in [6, 6.07) is 3.59. The van der Waals surface area contributed by atoms with Gasteiger partial charge in [-0.1, -0.05) is 5.16 Å². The third kappa shape index (κ3) is 2.50. The molecule has 0 aliphatic carbocycles. The Morgan fingerprint density at radius 3 is 3.00 bits per heavy atom. The number of nitrogens with zero attached hydrogens (tertiary/aromatic N) is 2. The first-order valence-corrected chi connectivity index (χ1v) is 4.97. The smallest absolute Gasteiger partial charge is 0.230 e. The summed E-state index contributed by atoms with van der Waals surface area (Å²) in [5.74, 6) is 1.04. The fraction of sp³-hybridized carbons (Fsp3) is 0.273. The van der Waals surface area contributed by atoms with Gasteiger partial charge in [-0.15, -0.1) is 0 Å². The lowest BCUT2D eigenvalue weighted by Gasteiger charge is -1.98. The quantitative estimate of drug-likeness (QED) is 0.851. The van der Waals surface area contributed by atoms with E-state index in [-0.39, 0.29) is 5.91 Å². The van der Waals surface area contributed by atoms with E-state index >= 15 is 0 Å². The molecule has 2 heterocycles. The highest BCUT2D eigenvalue weighted by molar-refractivity contribution is 5.91. The van der Waals surface area contributed by atoms with E-state index in [1.54, 1.807) is 13.0 Å². The number of carbonyl (C=O) groups is 1. The number of amides is 1. The number of nitrogens with one attached hydrogen (secondary N) is 1. The van der Waals surface area contributed by atoms with Gasteiger partial charge in [0.25, 0.3) is 0 Å². The molecule has 0 spiro atoms. The molecule has 0 radical (unpaired) electrons. The van der Waals surface area contributed by atoms with Crippen LogP contribution in [0.25, 0.3) is 0 Å². The third-order valence-corrected chi connectivity index (χ3v) is 2.15. The van der Waals surface area contributed by atoms with Gasteiger partial charge in [0.2, 0.25) is 5.91 Å². The average Bonchev–Trinajstić information content (AvgIpc) is 2.76. The van der Waals surface area contributed by atoms with Crippen molar-refractivity contribution in [2.45, 2.75) is 13.3 Å². The molecule has 0 atom stereocenters. The molecule has 1 amide bonds. The average molecular weight is 219 g/mol. The molecular weight excluding hydrogens is 206 g/mol. The number of anilines is 1. The predicted octanol–water partition coefficient (Wildman–Crippen LogP) is 1.50. The van der Waals surface area contributed by atoms with Gasteiger partial charge in [0.1, 0.15) is 5.76 Å². The van der Waals surface area contributed by atoms with Crippen LogP contribution in [0.2, 0.25) is 0 Å². The molecule has 2 aromatic heterocycles. The molecule has 1 N–H and O–H groups in total. The van der Waals surface area contributed by atoms with Crippen LogP contribution in [0.15, 0.2) is 29.0 Å². The van der Waals surface area contributed by atoms with Crippen molar-refractivity contribution in [2.24, 2.45) is 7.05 Å². The van der Waals surface area contributed by atoms with Crippen LogP contribution in [-0.4, -0.2) is 15.6 Å². The Morgan fingerprint density at radius 2 is 2.44 bits per heavy atom. The van der Waals surface area contributed by atoms with E-state index in [0.29, 0.717) is 18.0 Å². The van der Waals surface area contributed by atoms with E-state index in [2.05, 4.69) is 10.5 Å². The normalized spacial score (nSPS) is 10.4. The molecule has 16 heavy (non-hydrogen) atoms. The molecule has 2 rings (SSSR count). The Balaban J connectivity index is 1.94. The van der Waals surface area contributed by atoms with Crippen LogP contribution in [0, 0.1) is 6.92 Å². The van der Waals surface area contributed by atoms with Crippen molar-refractivity contribution in [1.29, 1.82) is 0 Å². The summed E-state index contributed by atoms with van der Waals surface area (Å²) >= 11 is 0. The molecule has 84 valence electrons. The largest absolute Gasteiger partial charge is 0.360 e. The first-order valence-electron chi connectivity index (χ1n) is 4.97. The summed E-state index contributed by atoms with van der Waals surface area (Å²) in [5, 5.41) is 6.36. The maximum absolute atomic E-state index is 11.6. The second-order valence-corrected chi connectivity index (χ2v) is 3.73. The standard InChI is InChI=1S/C11H13N3O2/c1-8-5-10(13-16-8)12-11(15)6-9-3-4-14(2)7-9/h3-5,7H,6H2,1-2H3,(H,12,13,15). The Hall–Kier alpha value is -2.04. The SMILES string of the molecule is Cc1cc(NC(=O)Cc2ccn(C)c2)no1. The molecule has 5 nitrogen and oxygen atoms in total. The summed E-state index contributed by atoms with van der Waals surface area (Å²) < 4.78 is 6.76. The monoisotopic (exact) mass is 219 g/mol. The molecule has 0 fully saturated rings. The summed E-state index contributed by atoms with van der Waals surface area (Å²) in [4.78, 5) is 11.6. The highest BCUT2D eigenvalue weighted by Crippen LogP contribution is 2.08. The minimum absolute atomic E-state index is 0.0977. The summed E-state index contributed by atoms with van der Waals surface area (Å²) in [6.45, 7) is 1.78. The van der Waals surface area contributed by atoms with Crippen LogP contribution >= 0.6 is 0 Å². The van der Waals surface area contributed by atoms with Crippen LogP contribution in [0.4, 0.5) is 5.82 Å². The van der Waals surface area contributed by atoms with E-state index in [0.717, 1.165) is 5.56 Å². The van der Waals surface area contributed by atoms with Gasteiger partial charge in [-0.25, -0.2) is 0 Å². The minimum atomic E-state index is -0.0977. The molecule has 0 aromatic carbocycles. The minimum Gasteiger partial charge on any atom is -0.360 e. The lowest BCUT2D eigenvalue weighted by molar-refractivity contribution is -0.115. The Kier molecular flexibility index (Phi) is 2.76. The van der Waals surface area contributed by atoms with Gasteiger partial charge in [-0.05, 0) is 18.6 Å². The van der Waals surface area contributed by atoms with Crippen molar-refractivity contribution < 1.29 is 9.32 Å². The molecule has 0 bridgehead atoms. The third-order valence-electron chi connectivity index (χ3n) is 2.15. The van der Waals surface area contributed by atoms with E-state index in [9.17, 15) is 4.79 Å². The van der Waals surface area contributed by atoms with Crippen molar-refractivity contribution in [1.82, 2.24) is 9.72 Å². The van der Waals surface area contributed by atoms with Gasteiger partial charge in [0.05, 0.1) is 6.42 Å². The molecule has 5 heteroatoms. The molecule has 0 unspecified atom stereocenters. The predicted molar refractivity (Wildman–Crippen MR) is 59.0 cm³/mol. The Morgan fingerprint density at radius 1 is 1.62 bits per heavy atom. The summed E-state index contributed by atoms with van der Waals surface area (Å²) in [7, 11) is 1.92. The molecular formula is C11H13N3O2. The number of aryl methyl sites for hydroxylation is 2. The zero-order valence-corrected chi connectivity index (χ0v) is 9.23. The molecule has 2 aromatic rings. The first-order chi connectivity index (χ1) is 7.63. The van der Waals surface area contributed by atoms with Crippen LogP contribution in [-0.2, 0) is 18.3 Å². The van der Waals surface area contributed by atoms with Gasteiger partial charge < -0.3 is 14.4 Å². The number of hydrogen-bond donors (Lipinski definition) is 1. The van der Waals surface area contributed by atoms with E-state index in [4.69, 9.17) is 4.52 Å². The van der Waals surface area contributed by atoms with Gasteiger partial charge in [-0.2, -0.15) is 0 Å². The van der Waals surface area contributed by atoms with Crippen molar-refractivity contribution in [3.8, 4) is 0 Å². The first kappa shape index (κ1) is 10.5. The van der Waals surface area contributed by atoms with E-state index < -0.39 is 0 Å². The molecule has 0 saturated carbocycles. The lowest BCUT2D eigenvalue weighted by atomic mass is 10.2. The van der Waals surface area contributed by atoms with Gasteiger partial charge in [-0.3, -0.25) is 4.79 Å². The van der Waals surface area contributed by atoms with Crippen LogP contribution in [0.5, 0.6) is 0 Å². The number of carbonyl (C=O) groups excluding carboxylic acids is 1. The summed E-state index contributed by atoms with van der Waals surface area (Å²) in [5.41, 5.74) is 0.972. The van der Waals surface area contributed by atoms with Crippen molar-refractivity contribution >= 4 is 11.7 Å². The van der Waals surface area contributed by atoms with Gasteiger partial charge in [0, 0.05) is 25.5 Å². The number of rotatable bonds is 3. The molecule has 0 saturated heterocycles. The van der Waals surface area contributed by atoms with Crippen molar-refractivity contribution in [3.05, 3.63) is 35.9 Å². The van der Waals surface area contributed by atoms with Crippen LogP contribution < -0.4 is 5.32 Å². The van der Waals surface area contributed by atoms with E-state index in [1.165, 1.54) is 0 Å². The second-order valence-electron chi connectivity index (χ2n) is 3.73. The number of aromatic nitrogens is 2. The fourth-order valence-electron chi connectivity index (χ4n) is 1.46. The Labute approximate surface area is 93.0 Å². The maximum Gasteiger partial charge on any atom is 0.230 e. The van der Waals surface area contributed by atoms with Crippen LogP contribution in [0.1, 0.15) is 11.3 Å². The highest BCUT2D eigenvalue weighted by Gasteiger charge is 2.07. The lowest BCUT2D eigenvalue weighted by Crippen LogP contribution is -2.14.